The van der Waals surface area contributed by atoms with Gasteiger partial charge in [0.1, 0.15) is 5.82 Å². The Morgan fingerprint density at radius 3 is 2.44 bits per heavy atom. The fourth-order valence-corrected chi connectivity index (χ4v) is 1.88. The third kappa shape index (κ3) is 4.08. The van der Waals surface area contributed by atoms with Gasteiger partial charge in [0.2, 0.25) is 0 Å². The van der Waals surface area contributed by atoms with Gasteiger partial charge in [0.15, 0.2) is 0 Å². The summed E-state index contributed by atoms with van der Waals surface area (Å²) in [7, 11) is -1.62. The molecule has 2 N–H and O–H groups in total. The molecule has 0 heterocycles. The first-order valence-corrected chi connectivity index (χ1v) is 6.34. The van der Waals surface area contributed by atoms with Crippen LogP contribution in [0.1, 0.15) is 32.8 Å². The monoisotopic (exact) mass is 253 g/mol. The average molecular weight is 253 g/mol. The summed E-state index contributed by atoms with van der Waals surface area (Å²) in [5, 5.41) is 17.9. The molecule has 5 heteroatoms. The van der Waals surface area contributed by atoms with Gasteiger partial charge in [-0.3, -0.25) is 4.90 Å². The minimum atomic E-state index is -1.62. The van der Waals surface area contributed by atoms with Crippen LogP contribution in [-0.4, -0.2) is 34.7 Å². The smallest absolute Gasteiger partial charge is 0.423 e. The Hall–Kier alpha value is -0.905. The molecule has 1 rings (SSSR count). The van der Waals surface area contributed by atoms with Gasteiger partial charge in [0.25, 0.3) is 0 Å². The van der Waals surface area contributed by atoms with Gasteiger partial charge in [-0.25, -0.2) is 4.39 Å². The molecular formula is C13H21BFNO2. The molecule has 0 saturated carbocycles. The van der Waals surface area contributed by atoms with Gasteiger partial charge in [0.05, 0.1) is 0 Å². The molecule has 0 radical (unpaired) electrons. The third-order valence-electron chi connectivity index (χ3n) is 2.99. The van der Waals surface area contributed by atoms with Crippen LogP contribution in [0.4, 0.5) is 4.39 Å². The molecule has 0 amide bonds. The maximum atomic E-state index is 13.8. The second-order valence-electron chi connectivity index (χ2n) is 4.79. The van der Waals surface area contributed by atoms with Crippen LogP contribution >= 0.6 is 0 Å². The van der Waals surface area contributed by atoms with Gasteiger partial charge in [-0.05, 0) is 38.3 Å². The lowest BCUT2D eigenvalue weighted by Gasteiger charge is -2.26. The number of rotatable bonds is 6. The first-order chi connectivity index (χ1) is 8.45. The lowest BCUT2D eigenvalue weighted by atomic mass is 9.80. The van der Waals surface area contributed by atoms with Crippen molar-refractivity contribution in [3.05, 3.63) is 29.6 Å². The van der Waals surface area contributed by atoms with E-state index < -0.39 is 7.12 Å². The van der Waals surface area contributed by atoms with Crippen LogP contribution in [0.2, 0.25) is 0 Å². The Kier molecular flexibility index (Phi) is 5.79. The number of hydrogen-bond donors (Lipinski definition) is 2. The summed E-state index contributed by atoms with van der Waals surface area (Å²) in [5.41, 5.74) is 0.768. The zero-order valence-electron chi connectivity index (χ0n) is 11.2. The van der Waals surface area contributed by atoms with Crippen molar-refractivity contribution in [3.63, 3.8) is 0 Å². The van der Waals surface area contributed by atoms with E-state index in [0.717, 1.165) is 13.0 Å². The van der Waals surface area contributed by atoms with Gasteiger partial charge in [-0.1, -0.05) is 19.1 Å². The van der Waals surface area contributed by atoms with Crippen molar-refractivity contribution in [1.82, 2.24) is 4.90 Å². The SMILES string of the molecule is CCCN(Cc1ccc(B(O)O)cc1F)C(C)C. The molecule has 0 saturated heterocycles. The Bertz CT molecular complexity index is 385. The Labute approximate surface area is 108 Å². The summed E-state index contributed by atoms with van der Waals surface area (Å²) >= 11 is 0. The van der Waals surface area contributed by atoms with E-state index >= 15 is 0 Å². The predicted octanol–water partition coefficient (Wildman–Crippen LogP) is 1.13. The van der Waals surface area contributed by atoms with E-state index in [0.29, 0.717) is 18.2 Å². The van der Waals surface area contributed by atoms with Crippen LogP contribution < -0.4 is 5.46 Å². The van der Waals surface area contributed by atoms with E-state index in [4.69, 9.17) is 10.0 Å². The fourth-order valence-electron chi connectivity index (χ4n) is 1.88. The molecule has 1 aromatic carbocycles. The normalized spacial score (nSPS) is 11.3. The number of nitrogens with zero attached hydrogens (tertiary/aromatic N) is 1. The molecule has 18 heavy (non-hydrogen) atoms. The van der Waals surface area contributed by atoms with E-state index in [-0.39, 0.29) is 11.3 Å². The van der Waals surface area contributed by atoms with Crippen molar-refractivity contribution in [3.8, 4) is 0 Å². The molecule has 0 fully saturated rings. The Morgan fingerprint density at radius 2 is 2.00 bits per heavy atom. The van der Waals surface area contributed by atoms with Crippen molar-refractivity contribution in [1.29, 1.82) is 0 Å². The molecule has 1 aromatic rings. The van der Waals surface area contributed by atoms with Crippen LogP contribution in [0.5, 0.6) is 0 Å². The summed E-state index contributed by atoms with van der Waals surface area (Å²) in [6.07, 6.45) is 1.02. The predicted molar refractivity (Wildman–Crippen MR) is 72.1 cm³/mol. The van der Waals surface area contributed by atoms with Crippen molar-refractivity contribution in [2.75, 3.05) is 6.54 Å². The van der Waals surface area contributed by atoms with Gasteiger partial charge >= 0.3 is 7.12 Å². The summed E-state index contributed by atoms with van der Waals surface area (Å²) in [6.45, 7) is 7.72. The van der Waals surface area contributed by atoms with Crippen LogP contribution in [0.25, 0.3) is 0 Å². The van der Waals surface area contributed by atoms with E-state index in [9.17, 15) is 4.39 Å². The van der Waals surface area contributed by atoms with Gasteiger partial charge in [-0.15, -0.1) is 0 Å². The summed E-state index contributed by atoms with van der Waals surface area (Å²) < 4.78 is 13.8. The minimum absolute atomic E-state index is 0.183. The van der Waals surface area contributed by atoms with Crippen LogP contribution in [0, 0.1) is 5.82 Å². The van der Waals surface area contributed by atoms with E-state index in [1.54, 1.807) is 12.1 Å². The largest absolute Gasteiger partial charge is 0.488 e. The second-order valence-corrected chi connectivity index (χ2v) is 4.79. The number of halogens is 1. The van der Waals surface area contributed by atoms with Crippen molar-refractivity contribution < 1.29 is 14.4 Å². The zero-order valence-corrected chi connectivity index (χ0v) is 11.2. The quantitative estimate of drug-likeness (QED) is 0.747. The maximum Gasteiger partial charge on any atom is 0.488 e. The van der Waals surface area contributed by atoms with Crippen LogP contribution in [0.15, 0.2) is 18.2 Å². The first kappa shape index (κ1) is 15.2. The highest BCUT2D eigenvalue weighted by molar-refractivity contribution is 6.58. The van der Waals surface area contributed by atoms with E-state index in [1.807, 2.05) is 0 Å². The highest BCUT2D eigenvalue weighted by Gasteiger charge is 2.16. The molecule has 0 bridgehead atoms. The van der Waals surface area contributed by atoms with Crippen molar-refractivity contribution >= 4 is 12.6 Å². The first-order valence-electron chi connectivity index (χ1n) is 6.34. The van der Waals surface area contributed by atoms with Gasteiger partial charge in [0, 0.05) is 18.2 Å². The molecule has 0 aliphatic heterocycles. The summed E-state index contributed by atoms with van der Waals surface area (Å²) in [5.74, 6) is -0.387. The maximum absolute atomic E-state index is 13.8. The Balaban J connectivity index is 2.83. The minimum Gasteiger partial charge on any atom is -0.423 e. The molecule has 0 spiro atoms. The van der Waals surface area contributed by atoms with Crippen molar-refractivity contribution in [2.24, 2.45) is 0 Å². The van der Waals surface area contributed by atoms with Crippen molar-refractivity contribution in [2.45, 2.75) is 39.8 Å². The summed E-state index contributed by atoms with van der Waals surface area (Å²) in [4.78, 5) is 2.19. The molecule has 0 atom stereocenters. The molecule has 0 aromatic heterocycles. The third-order valence-corrected chi connectivity index (χ3v) is 2.99. The standard InChI is InChI=1S/C13H21BFNO2/c1-4-7-16(10(2)3)9-11-5-6-12(14(17)18)8-13(11)15/h5-6,8,10,17-18H,4,7,9H2,1-3H3. The lowest BCUT2D eigenvalue weighted by Crippen LogP contribution is -2.33. The number of benzene rings is 1. The summed E-state index contributed by atoms with van der Waals surface area (Å²) in [6, 6.07) is 4.71. The highest BCUT2D eigenvalue weighted by atomic mass is 19.1. The molecule has 0 aliphatic rings. The molecular weight excluding hydrogens is 232 g/mol. The topological polar surface area (TPSA) is 43.7 Å². The van der Waals surface area contributed by atoms with Gasteiger partial charge < -0.3 is 10.0 Å². The lowest BCUT2D eigenvalue weighted by molar-refractivity contribution is 0.210. The Morgan fingerprint density at radius 1 is 1.33 bits per heavy atom. The molecule has 3 nitrogen and oxygen atoms in total. The van der Waals surface area contributed by atoms with Crippen LogP contribution in [-0.2, 0) is 6.54 Å². The highest BCUT2D eigenvalue weighted by Crippen LogP contribution is 2.12. The zero-order chi connectivity index (χ0) is 13.7. The average Bonchev–Trinajstić information content (AvgIpc) is 2.30. The second kappa shape index (κ2) is 6.88. The van der Waals surface area contributed by atoms with Gasteiger partial charge in [-0.2, -0.15) is 0 Å². The molecule has 0 aliphatic carbocycles. The van der Waals surface area contributed by atoms with E-state index in [2.05, 4.69) is 25.7 Å². The molecule has 0 unspecified atom stereocenters. The number of hydrogen-bond acceptors (Lipinski definition) is 3. The molecule has 100 valence electrons. The fraction of sp³-hybridized carbons (Fsp3) is 0.538. The van der Waals surface area contributed by atoms with Crippen LogP contribution in [0.3, 0.4) is 0 Å². The van der Waals surface area contributed by atoms with E-state index in [1.165, 1.54) is 6.07 Å².